The minimum absolute atomic E-state index is 0.000961. The van der Waals surface area contributed by atoms with Crippen LogP contribution in [0, 0.1) is 6.92 Å². The third-order valence-electron chi connectivity index (χ3n) is 3.87. The number of likely N-dealkylation sites (N-methyl/N-ethyl adjacent to an activating group) is 1. The fraction of sp³-hybridized carbons (Fsp3) is 0.533. The van der Waals surface area contributed by atoms with Crippen LogP contribution in [0.15, 0.2) is 24.3 Å². The van der Waals surface area contributed by atoms with Gasteiger partial charge in [0.2, 0.25) is 5.91 Å². The molecule has 0 bridgehead atoms. The second-order valence-corrected chi connectivity index (χ2v) is 5.82. The van der Waals surface area contributed by atoms with Crippen LogP contribution in [0.3, 0.4) is 0 Å². The van der Waals surface area contributed by atoms with Crippen LogP contribution in [0.1, 0.15) is 24.1 Å². The van der Waals surface area contributed by atoms with E-state index in [0.717, 1.165) is 0 Å². The third-order valence-corrected chi connectivity index (χ3v) is 3.87. The maximum absolute atomic E-state index is 12.2. The van der Waals surface area contributed by atoms with Crippen molar-refractivity contribution in [2.75, 3.05) is 20.6 Å². The van der Waals surface area contributed by atoms with Crippen LogP contribution in [0.5, 0.6) is 0 Å². The molecule has 21 heavy (non-hydrogen) atoms. The first-order chi connectivity index (χ1) is 9.99. The van der Waals surface area contributed by atoms with Gasteiger partial charge in [-0.05, 0) is 33.5 Å². The second-order valence-electron chi connectivity index (χ2n) is 5.82. The van der Waals surface area contributed by atoms with Crippen molar-refractivity contribution in [3.63, 3.8) is 0 Å². The van der Waals surface area contributed by atoms with Crippen LogP contribution < -0.4 is 21.7 Å². The fourth-order valence-corrected chi connectivity index (χ4v) is 2.43. The number of nitrogens with zero attached hydrogens (tertiary/aromatic N) is 1. The first-order valence-electron chi connectivity index (χ1n) is 7.26. The van der Waals surface area contributed by atoms with Gasteiger partial charge in [0.15, 0.2) is 0 Å². The van der Waals surface area contributed by atoms with Crippen LogP contribution in [0.25, 0.3) is 0 Å². The number of benzene rings is 1. The second kappa shape index (κ2) is 7.00. The Morgan fingerprint density at radius 2 is 1.95 bits per heavy atom. The molecule has 1 saturated heterocycles. The Morgan fingerprint density at radius 1 is 1.29 bits per heavy atom. The summed E-state index contributed by atoms with van der Waals surface area (Å²) < 4.78 is 0. The molecule has 1 heterocycles. The lowest BCUT2D eigenvalue weighted by Gasteiger charge is -2.26. The normalized spacial score (nSPS) is 23.3. The van der Waals surface area contributed by atoms with Crippen LogP contribution in [-0.2, 0) is 4.79 Å². The molecule has 0 aliphatic carbocycles. The first-order valence-corrected chi connectivity index (χ1v) is 7.26. The first kappa shape index (κ1) is 15.9. The summed E-state index contributed by atoms with van der Waals surface area (Å²) in [6, 6.07) is 8.39. The SMILES string of the molecule is Cc1ccc(C(CNC(=O)C2NNNC2C)N(C)C)cc1. The number of carbonyl (C=O) groups is 1. The number of amides is 1. The van der Waals surface area contributed by atoms with Gasteiger partial charge >= 0.3 is 0 Å². The average Bonchev–Trinajstić information content (AvgIpc) is 2.86. The molecule has 6 nitrogen and oxygen atoms in total. The summed E-state index contributed by atoms with van der Waals surface area (Å²) in [5.41, 5.74) is 11.1. The van der Waals surface area contributed by atoms with E-state index in [1.807, 2.05) is 21.0 Å². The smallest absolute Gasteiger partial charge is 0.240 e. The number of rotatable bonds is 5. The van der Waals surface area contributed by atoms with Crippen molar-refractivity contribution in [3.8, 4) is 0 Å². The third kappa shape index (κ3) is 4.01. The van der Waals surface area contributed by atoms with E-state index in [1.165, 1.54) is 11.1 Å². The quantitative estimate of drug-likeness (QED) is 0.619. The molecule has 3 unspecified atom stereocenters. The summed E-state index contributed by atoms with van der Waals surface area (Å²) in [5.74, 6) is -0.000961. The van der Waals surface area contributed by atoms with E-state index in [0.29, 0.717) is 6.54 Å². The standard InChI is InChI=1S/C15H25N5O/c1-10-5-7-12(8-6-10)13(20(3)4)9-16-15(21)14-11(2)17-19-18-14/h5-8,11,13-14,17-19H,9H2,1-4H3,(H,16,21). The number of hydrogen-bond donors (Lipinski definition) is 4. The highest BCUT2D eigenvalue weighted by Gasteiger charge is 2.29. The summed E-state index contributed by atoms with van der Waals surface area (Å²) in [5, 5.41) is 3.03. The molecule has 0 spiro atoms. The maximum Gasteiger partial charge on any atom is 0.240 e. The zero-order chi connectivity index (χ0) is 15.4. The van der Waals surface area contributed by atoms with E-state index < -0.39 is 0 Å². The minimum atomic E-state index is -0.258. The summed E-state index contributed by atoms with van der Waals surface area (Å²) in [6.45, 7) is 4.61. The molecule has 1 amide bonds. The van der Waals surface area contributed by atoms with Gasteiger partial charge in [-0.2, -0.15) is 5.53 Å². The Labute approximate surface area is 126 Å². The van der Waals surface area contributed by atoms with Crippen molar-refractivity contribution in [2.45, 2.75) is 32.0 Å². The Morgan fingerprint density at radius 3 is 2.48 bits per heavy atom. The van der Waals surface area contributed by atoms with Crippen molar-refractivity contribution >= 4 is 5.91 Å². The van der Waals surface area contributed by atoms with Crippen molar-refractivity contribution in [1.29, 1.82) is 0 Å². The number of hydrazine groups is 2. The van der Waals surface area contributed by atoms with Crippen molar-refractivity contribution in [1.82, 2.24) is 26.6 Å². The molecule has 1 aromatic rings. The Hall–Kier alpha value is -1.47. The Bertz CT molecular complexity index is 473. The molecule has 116 valence electrons. The molecule has 6 heteroatoms. The molecule has 0 radical (unpaired) electrons. The highest BCUT2D eigenvalue weighted by Crippen LogP contribution is 2.18. The monoisotopic (exact) mass is 291 g/mol. The Kier molecular flexibility index (Phi) is 5.30. The molecule has 1 fully saturated rings. The molecular weight excluding hydrogens is 266 g/mol. The van der Waals surface area contributed by atoms with Gasteiger partial charge in [0.25, 0.3) is 0 Å². The number of carbonyl (C=O) groups excluding carboxylic acids is 1. The molecule has 2 rings (SSSR count). The molecule has 3 atom stereocenters. The van der Waals surface area contributed by atoms with Crippen LogP contribution in [-0.4, -0.2) is 43.5 Å². The molecular formula is C15H25N5O. The van der Waals surface area contributed by atoms with Gasteiger partial charge in [0.05, 0.1) is 6.04 Å². The van der Waals surface area contributed by atoms with Gasteiger partial charge < -0.3 is 10.2 Å². The van der Waals surface area contributed by atoms with E-state index in [1.54, 1.807) is 0 Å². The highest BCUT2D eigenvalue weighted by molar-refractivity contribution is 5.82. The predicted molar refractivity (Wildman–Crippen MR) is 83.3 cm³/mol. The Balaban J connectivity index is 1.97. The van der Waals surface area contributed by atoms with Gasteiger partial charge in [0.1, 0.15) is 6.04 Å². The van der Waals surface area contributed by atoms with Gasteiger partial charge in [-0.3, -0.25) is 4.79 Å². The maximum atomic E-state index is 12.2. The van der Waals surface area contributed by atoms with E-state index in [-0.39, 0.29) is 24.0 Å². The van der Waals surface area contributed by atoms with Crippen molar-refractivity contribution in [2.24, 2.45) is 0 Å². The van der Waals surface area contributed by atoms with Crippen LogP contribution in [0.4, 0.5) is 0 Å². The fourth-order valence-electron chi connectivity index (χ4n) is 2.43. The van der Waals surface area contributed by atoms with Gasteiger partial charge in [-0.15, -0.1) is 0 Å². The molecule has 1 aliphatic heterocycles. The lowest BCUT2D eigenvalue weighted by atomic mass is 10.0. The lowest BCUT2D eigenvalue weighted by molar-refractivity contribution is -0.123. The van der Waals surface area contributed by atoms with Crippen molar-refractivity contribution in [3.05, 3.63) is 35.4 Å². The topological polar surface area (TPSA) is 68.4 Å². The average molecular weight is 291 g/mol. The summed E-state index contributed by atoms with van der Waals surface area (Å²) in [4.78, 5) is 14.3. The summed E-state index contributed by atoms with van der Waals surface area (Å²) >= 11 is 0. The van der Waals surface area contributed by atoms with Gasteiger partial charge in [-0.1, -0.05) is 29.8 Å². The summed E-state index contributed by atoms with van der Waals surface area (Å²) in [6.07, 6.45) is 0. The number of hydrogen-bond acceptors (Lipinski definition) is 5. The predicted octanol–water partition coefficient (Wildman–Crippen LogP) is 0.0834. The van der Waals surface area contributed by atoms with Crippen LogP contribution >= 0.6 is 0 Å². The zero-order valence-electron chi connectivity index (χ0n) is 13.1. The van der Waals surface area contributed by atoms with E-state index >= 15 is 0 Å². The van der Waals surface area contributed by atoms with Crippen molar-refractivity contribution < 1.29 is 4.79 Å². The van der Waals surface area contributed by atoms with Crippen LogP contribution in [0.2, 0.25) is 0 Å². The lowest BCUT2D eigenvalue weighted by Crippen LogP contribution is -2.48. The largest absolute Gasteiger partial charge is 0.353 e. The van der Waals surface area contributed by atoms with Gasteiger partial charge in [-0.25, -0.2) is 10.9 Å². The molecule has 1 aromatic carbocycles. The van der Waals surface area contributed by atoms with E-state index in [9.17, 15) is 4.79 Å². The minimum Gasteiger partial charge on any atom is -0.353 e. The van der Waals surface area contributed by atoms with E-state index in [2.05, 4.69) is 57.8 Å². The van der Waals surface area contributed by atoms with Gasteiger partial charge in [0, 0.05) is 12.6 Å². The summed E-state index contributed by atoms with van der Waals surface area (Å²) in [7, 11) is 4.05. The molecule has 0 aromatic heterocycles. The number of nitrogens with one attached hydrogen (secondary N) is 4. The molecule has 1 aliphatic rings. The molecule has 4 N–H and O–H groups in total. The molecule has 0 saturated carbocycles. The van der Waals surface area contributed by atoms with E-state index in [4.69, 9.17) is 0 Å². The highest BCUT2D eigenvalue weighted by atomic mass is 16.2. The zero-order valence-corrected chi connectivity index (χ0v) is 13.1. The number of aryl methyl sites for hydroxylation is 1.